The molecule has 2 nitrogen and oxygen atoms in total. The smallest absolute Gasteiger partial charge is 0.0393 e. The normalized spacial score (nSPS) is 20.2. The van der Waals surface area contributed by atoms with E-state index in [0.717, 1.165) is 6.04 Å². The summed E-state index contributed by atoms with van der Waals surface area (Å²) in [7, 11) is 4.25. The van der Waals surface area contributed by atoms with E-state index < -0.39 is 0 Å². The minimum absolute atomic E-state index is 0.735. The first-order valence-corrected chi connectivity index (χ1v) is 6.76. The molecule has 0 saturated carbocycles. The largest absolute Gasteiger partial charge is 0.377 e. The zero-order chi connectivity index (χ0) is 12.1. The number of benzene rings is 1. The number of para-hydroxylation sites is 1. The van der Waals surface area contributed by atoms with Crippen LogP contribution >= 0.6 is 0 Å². The van der Waals surface area contributed by atoms with Gasteiger partial charge in [0.2, 0.25) is 0 Å². The molecule has 1 heterocycles. The maximum atomic E-state index is 3.62. The molecule has 2 heteroatoms. The summed E-state index contributed by atoms with van der Waals surface area (Å²) >= 11 is 0. The van der Waals surface area contributed by atoms with Crippen molar-refractivity contribution < 1.29 is 0 Å². The van der Waals surface area contributed by atoms with Gasteiger partial charge in [0.05, 0.1) is 0 Å². The number of aryl methyl sites for hydroxylation is 1. The number of hydrogen-bond donors (Lipinski definition) is 1. The SMILES string of the molecule is CN(C)c1ccccc1CCC1CCCCN1. The van der Waals surface area contributed by atoms with E-state index in [1.54, 1.807) is 0 Å². The lowest BCUT2D eigenvalue weighted by molar-refractivity contribution is 0.383. The van der Waals surface area contributed by atoms with Crippen LogP contribution in [0.1, 0.15) is 31.2 Å². The molecule has 1 fully saturated rings. The van der Waals surface area contributed by atoms with Crippen molar-refractivity contribution in [1.29, 1.82) is 0 Å². The lowest BCUT2D eigenvalue weighted by Crippen LogP contribution is -2.34. The van der Waals surface area contributed by atoms with E-state index in [0.29, 0.717) is 0 Å². The van der Waals surface area contributed by atoms with Gasteiger partial charge in [-0.1, -0.05) is 24.6 Å². The summed E-state index contributed by atoms with van der Waals surface area (Å²) in [6.07, 6.45) is 6.55. The molecule has 0 aromatic heterocycles. The Labute approximate surface area is 105 Å². The molecular formula is C15H24N2. The first kappa shape index (κ1) is 12.4. The van der Waals surface area contributed by atoms with E-state index in [1.165, 1.54) is 49.9 Å². The van der Waals surface area contributed by atoms with Gasteiger partial charge in [0.1, 0.15) is 0 Å². The average Bonchev–Trinajstić information content (AvgIpc) is 2.38. The number of hydrogen-bond acceptors (Lipinski definition) is 2. The van der Waals surface area contributed by atoms with Gasteiger partial charge in [0.25, 0.3) is 0 Å². The second-order valence-electron chi connectivity index (χ2n) is 5.21. The highest BCUT2D eigenvalue weighted by atomic mass is 15.1. The topological polar surface area (TPSA) is 15.3 Å². The number of anilines is 1. The Kier molecular flexibility index (Phi) is 4.43. The van der Waals surface area contributed by atoms with Gasteiger partial charge in [0.15, 0.2) is 0 Å². The van der Waals surface area contributed by atoms with Crippen LogP contribution in [0, 0.1) is 0 Å². The molecule has 0 radical (unpaired) electrons. The highest BCUT2D eigenvalue weighted by Crippen LogP contribution is 2.21. The van der Waals surface area contributed by atoms with Crippen molar-refractivity contribution >= 4 is 5.69 Å². The van der Waals surface area contributed by atoms with Gasteiger partial charge in [-0.15, -0.1) is 0 Å². The van der Waals surface area contributed by atoms with Crippen LogP contribution in [0.15, 0.2) is 24.3 Å². The third-order valence-electron chi connectivity index (χ3n) is 3.65. The molecule has 1 aliphatic rings. The van der Waals surface area contributed by atoms with Gasteiger partial charge in [-0.25, -0.2) is 0 Å². The van der Waals surface area contributed by atoms with Crippen molar-refractivity contribution in [2.24, 2.45) is 0 Å². The average molecular weight is 232 g/mol. The zero-order valence-electron chi connectivity index (χ0n) is 11.1. The van der Waals surface area contributed by atoms with Gasteiger partial charge < -0.3 is 10.2 Å². The monoisotopic (exact) mass is 232 g/mol. The van der Waals surface area contributed by atoms with Gasteiger partial charge in [-0.05, 0) is 43.9 Å². The first-order valence-electron chi connectivity index (χ1n) is 6.76. The summed E-state index contributed by atoms with van der Waals surface area (Å²) in [6, 6.07) is 9.48. The van der Waals surface area contributed by atoms with Gasteiger partial charge in [-0.3, -0.25) is 0 Å². The maximum Gasteiger partial charge on any atom is 0.0393 e. The zero-order valence-corrected chi connectivity index (χ0v) is 11.1. The molecule has 0 spiro atoms. The molecule has 0 amide bonds. The van der Waals surface area contributed by atoms with Crippen molar-refractivity contribution in [3.63, 3.8) is 0 Å². The molecule has 1 aromatic carbocycles. The maximum absolute atomic E-state index is 3.62. The standard InChI is InChI=1S/C15H24N2/c1-17(2)15-9-4-3-7-13(15)10-11-14-8-5-6-12-16-14/h3-4,7,9,14,16H,5-6,8,10-12H2,1-2H3. The molecule has 1 saturated heterocycles. The van der Waals surface area contributed by atoms with E-state index in [-0.39, 0.29) is 0 Å². The van der Waals surface area contributed by atoms with Crippen molar-refractivity contribution in [2.45, 2.75) is 38.1 Å². The summed E-state index contributed by atoms with van der Waals surface area (Å²) < 4.78 is 0. The van der Waals surface area contributed by atoms with Crippen LogP contribution in [0.25, 0.3) is 0 Å². The third-order valence-corrected chi connectivity index (χ3v) is 3.65. The van der Waals surface area contributed by atoms with Gasteiger partial charge in [-0.2, -0.15) is 0 Å². The second-order valence-corrected chi connectivity index (χ2v) is 5.21. The predicted octanol–water partition coefficient (Wildman–Crippen LogP) is 2.83. The fourth-order valence-electron chi connectivity index (χ4n) is 2.66. The Morgan fingerprint density at radius 1 is 1.24 bits per heavy atom. The van der Waals surface area contributed by atoms with Crippen molar-refractivity contribution in [3.8, 4) is 0 Å². The molecule has 94 valence electrons. The Morgan fingerprint density at radius 3 is 2.76 bits per heavy atom. The predicted molar refractivity (Wildman–Crippen MR) is 74.7 cm³/mol. The molecule has 1 unspecified atom stereocenters. The fourth-order valence-corrected chi connectivity index (χ4v) is 2.66. The van der Waals surface area contributed by atoms with Crippen molar-refractivity contribution in [2.75, 3.05) is 25.5 Å². The molecule has 17 heavy (non-hydrogen) atoms. The molecule has 1 N–H and O–H groups in total. The number of nitrogens with one attached hydrogen (secondary N) is 1. The molecule has 1 atom stereocenters. The summed E-state index contributed by atoms with van der Waals surface area (Å²) in [6.45, 7) is 1.21. The number of rotatable bonds is 4. The van der Waals surface area contributed by atoms with Crippen LogP contribution in [0.5, 0.6) is 0 Å². The highest BCUT2D eigenvalue weighted by Gasteiger charge is 2.13. The fraction of sp³-hybridized carbons (Fsp3) is 0.600. The molecular weight excluding hydrogens is 208 g/mol. The number of nitrogens with zero attached hydrogens (tertiary/aromatic N) is 1. The molecule has 0 bridgehead atoms. The summed E-state index contributed by atoms with van der Waals surface area (Å²) in [5, 5.41) is 3.62. The summed E-state index contributed by atoms with van der Waals surface area (Å²) in [5.41, 5.74) is 2.84. The second kappa shape index (κ2) is 6.06. The highest BCUT2D eigenvalue weighted by molar-refractivity contribution is 5.52. The van der Waals surface area contributed by atoms with E-state index in [4.69, 9.17) is 0 Å². The van der Waals surface area contributed by atoms with Crippen molar-refractivity contribution in [1.82, 2.24) is 5.32 Å². The minimum Gasteiger partial charge on any atom is -0.377 e. The molecule has 1 aromatic rings. The van der Waals surface area contributed by atoms with E-state index in [2.05, 4.69) is 48.6 Å². The summed E-state index contributed by atoms with van der Waals surface area (Å²) in [4.78, 5) is 2.21. The van der Waals surface area contributed by atoms with Crippen molar-refractivity contribution in [3.05, 3.63) is 29.8 Å². The van der Waals surface area contributed by atoms with Crippen LogP contribution in [-0.2, 0) is 6.42 Å². The first-order chi connectivity index (χ1) is 8.27. The van der Waals surface area contributed by atoms with Crippen LogP contribution in [0.4, 0.5) is 5.69 Å². The van der Waals surface area contributed by atoms with E-state index in [1.807, 2.05) is 0 Å². The lowest BCUT2D eigenvalue weighted by Gasteiger charge is -2.24. The molecule has 0 aliphatic carbocycles. The number of piperidine rings is 1. The third kappa shape index (κ3) is 3.47. The van der Waals surface area contributed by atoms with Crippen LogP contribution in [0.2, 0.25) is 0 Å². The quantitative estimate of drug-likeness (QED) is 0.858. The molecule has 2 rings (SSSR count). The Bertz CT molecular complexity index is 341. The Hall–Kier alpha value is -1.02. The Morgan fingerprint density at radius 2 is 2.06 bits per heavy atom. The lowest BCUT2D eigenvalue weighted by atomic mass is 9.97. The molecule has 1 aliphatic heterocycles. The van der Waals surface area contributed by atoms with E-state index >= 15 is 0 Å². The Balaban J connectivity index is 1.93. The van der Waals surface area contributed by atoms with Gasteiger partial charge in [0, 0.05) is 25.8 Å². The van der Waals surface area contributed by atoms with Crippen LogP contribution in [0.3, 0.4) is 0 Å². The minimum atomic E-state index is 0.735. The van der Waals surface area contributed by atoms with Gasteiger partial charge >= 0.3 is 0 Å². The van der Waals surface area contributed by atoms with Crippen LogP contribution < -0.4 is 10.2 Å². The summed E-state index contributed by atoms with van der Waals surface area (Å²) in [5.74, 6) is 0. The van der Waals surface area contributed by atoms with E-state index in [9.17, 15) is 0 Å². The van der Waals surface area contributed by atoms with Crippen LogP contribution in [-0.4, -0.2) is 26.7 Å².